The van der Waals surface area contributed by atoms with Gasteiger partial charge in [-0.1, -0.05) is 39.8 Å². The number of benzene rings is 1. The van der Waals surface area contributed by atoms with Gasteiger partial charge in [0.2, 0.25) is 17.7 Å². The molecule has 57 heavy (non-hydrogen) atoms. The van der Waals surface area contributed by atoms with E-state index in [0.717, 1.165) is 59.7 Å². The van der Waals surface area contributed by atoms with Crippen LogP contribution in [0.5, 0.6) is 0 Å². The third kappa shape index (κ3) is 6.46. The fourth-order valence-electron chi connectivity index (χ4n) is 9.56. The van der Waals surface area contributed by atoms with Crippen LogP contribution in [0.2, 0.25) is 0 Å². The second-order valence-electron chi connectivity index (χ2n) is 16.6. The lowest BCUT2D eigenvalue weighted by Crippen LogP contribution is -2.60. The number of amidine groups is 1. The van der Waals surface area contributed by atoms with Crippen molar-refractivity contribution in [1.82, 2.24) is 30.7 Å². The first-order valence-corrected chi connectivity index (χ1v) is 20.0. The summed E-state index contributed by atoms with van der Waals surface area (Å²) in [6.45, 7) is 11.0. The molecule has 0 radical (unpaired) electrons. The summed E-state index contributed by atoms with van der Waals surface area (Å²) in [6, 6.07) is 4.70. The van der Waals surface area contributed by atoms with Crippen LogP contribution in [0.4, 0.5) is 21.0 Å². The largest absolute Gasteiger partial charge is 0.453 e. The summed E-state index contributed by atoms with van der Waals surface area (Å²) in [7, 11) is 2.60. The van der Waals surface area contributed by atoms with Crippen LogP contribution >= 0.6 is 0 Å². The van der Waals surface area contributed by atoms with Crippen LogP contribution in [-0.4, -0.2) is 107 Å². The van der Waals surface area contributed by atoms with Crippen LogP contribution in [0, 0.1) is 17.8 Å². The molecule has 8 rings (SSSR count). The summed E-state index contributed by atoms with van der Waals surface area (Å²) in [6.07, 6.45) is 8.54. The predicted molar refractivity (Wildman–Crippen MR) is 213 cm³/mol. The number of hydrogen-bond acceptors (Lipinski definition) is 12. The fraction of sp³-hybridized carbons (Fsp3) is 0.561. The Morgan fingerprint density at radius 1 is 1.00 bits per heavy atom. The molecule has 1 aromatic heterocycles. The van der Waals surface area contributed by atoms with E-state index in [2.05, 4.69) is 39.6 Å². The minimum Gasteiger partial charge on any atom is -0.453 e. The zero-order chi connectivity index (χ0) is 40.4. The van der Waals surface area contributed by atoms with Crippen molar-refractivity contribution in [3.63, 3.8) is 0 Å². The number of likely N-dealkylation sites (tertiary alicyclic amines) is 2. The molecule has 0 spiro atoms. The van der Waals surface area contributed by atoms with E-state index in [-0.39, 0.29) is 47.7 Å². The van der Waals surface area contributed by atoms with Gasteiger partial charge in [-0.05, 0) is 75.0 Å². The van der Waals surface area contributed by atoms with Crippen molar-refractivity contribution in [2.24, 2.45) is 22.7 Å². The lowest BCUT2D eigenvalue weighted by Gasteiger charge is -2.40. The number of oxazole rings is 1. The molecular formula is C41H53N9O7. The zero-order valence-corrected chi connectivity index (χ0v) is 33.6. The van der Waals surface area contributed by atoms with Gasteiger partial charge in [0.1, 0.15) is 23.1 Å². The van der Waals surface area contributed by atoms with Crippen LogP contribution in [0.1, 0.15) is 72.5 Å². The molecule has 2 aromatic rings. The number of nitrogens with zero attached hydrogens (tertiary/aromatic N) is 4. The molecule has 4 amide bonds. The predicted octanol–water partition coefficient (Wildman–Crippen LogP) is 4.68. The highest BCUT2D eigenvalue weighted by atomic mass is 16.5. The Labute approximate surface area is 332 Å². The van der Waals surface area contributed by atoms with Gasteiger partial charge in [0, 0.05) is 24.4 Å². The number of anilines is 2. The number of carbonyl (C=O) groups excluding carboxylic acids is 4. The molecule has 1 aromatic carbocycles. The molecule has 2 saturated heterocycles. The molecule has 1 saturated carbocycles. The molecule has 8 atom stereocenters. The van der Waals surface area contributed by atoms with Crippen molar-refractivity contribution in [3.8, 4) is 11.5 Å². The van der Waals surface area contributed by atoms with Gasteiger partial charge in [-0.3, -0.25) is 14.6 Å². The quantitative estimate of drug-likeness (QED) is 0.237. The molecule has 16 heteroatoms. The normalized spacial score (nSPS) is 30.2. The number of ether oxygens (including phenoxy) is 2. The van der Waals surface area contributed by atoms with Crippen LogP contribution in [-0.2, 0) is 19.1 Å². The van der Waals surface area contributed by atoms with Gasteiger partial charge in [-0.25, -0.2) is 14.6 Å². The molecule has 3 fully saturated rings. The van der Waals surface area contributed by atoms with Crippen molar-refractivity contribution in [3.05, 3.63) is 48.0 Å². The number of rotatable bonds is 9. The maximum Gasteiger partial charge on any atom is 0.407 e. The second-order valence-corrected chi connectivity index (χ2v) is 16.6. The second kappa shape index (κ2) is 14.4. The maximum atomic E-state index is 14.0. The summed E-state index contributed by atoms with van der Waals surface area (Å²) in [4.78, 5) is 65.8. The average molecular weight is 784 g/mol. The van der Waals surface area contributed by atoms with Gasteiger partial charge in [0.05, 0.1) is 55.5 Å². The number of aromatic nitrogens is 1. The first-order valence-electron chi connectivity index (χ1n) is 20.0. The number of amides is 4. The Bertz CT molecular complexity index is 2070. The topological polar surface area (TPSA) is 192 Å². The van der Waals surface area contributed by atoms with E-state index >= 15 is 0 Å². The molecule has 304 valence electrons. The summed E-state index contributed by atoms with van der Waals surface area (Å²) >= 11 is 0. The number of carbonyl (C=O) groups is 4. The Hall–Kier alpha value is -5.54. The molecule has 5 heterocycles. The SMILES string of the molecule is COC(=O)NC(C(=O)N1CCC[C@H]1C1(C)Nc2cccc(-c3ncc(C4=CCC5N=C([C@@H]6CCCN6C(=O)C6(NC(=O)OC)C(C)[C@H]6C)NC5=C4)o3)c2N1)C(C)C. The molecule has 0 bridgehead atoms. The number of aliphatic imine (C=N–C) groups is 1. The minimum atomic E-state index is -0.972. The van der Waals surface area contributed by atoms with Gasteiger partial charge in [-0.2, -0.15) is 0 Å². The van der Waals surface area contributed by atoms with Crippen LogP contribution < -0.4 is 26.6 Å². The third-order valence-corrected chi connectivity index (χ3v) is 13.0. The van der Waals surface area contributed by atoms with E-state index in [0.29, 0.717) is 31.2 Å². The number of alkyl carbamates (subject to hydrolysis) is 2. The zero-order valence-electron chi connectivity index (χ0n) is 33.6. The lowest BCUT2D eigenvalue weighted by atomic mass is 9.97. The number of fused-ring (bicyclic) bond motifs is 2. The van der Waals surface area contributed by atoms with E-state index in [1.807, 2.05) is 61.8 Å². The van der Waals surface area contributed by atoms with Crippen molar-refractivity contribution < 1.29 is 33.1 Å². The van der Waals surface area contributed by atoms with Crippen LogP contribution in [0.25, 0.3) is 17.0 Å². The number of hydrogen-bond donors (Lipinski definition) is 5. The van der Waals surface area contributed by atoms with Crippen molar-refractivity contribution in [2.75, 3.05) is 37.9 Å². The van der Waals surface area contributed by atoms with E-state index < -0.39 is 29.4 Å². The Morgan fingerprint density at radius 3 is 2.46 bits per heavy atom. The molecule has 16 nitrogen and oxygen atoms in total. The van der Waals surface area contributed by atoms with E-state index in [1.165, 1.54) is 14.2 Å². The Balaban J connectivity index is 0.960. The number of methoxy groups -OCH3 is 2. The molecule has 2 aliphatic carbocycles. The minimum absolute atomic E-state index is 0.00430. The smallest absolute Gasteiger partial charge is 0.407 e. The molecule has 6 aliphatic rings. The van der Waals surface area contributed by atoms with E-state index in [4.69, 9.17) is 23.9 Å². The average Bonchev–Trinajstić information content (AvgIpc) is 3.97. The highest BCUT2D eigenvalue weighted by Gasteiger charge is 2.68. The number of nitrogens with one attached hydrogen (secondary N) is 5. The van der Waals surface area contributed by atoms with E-state index in [1.54, 1.807) is 6.20 Å². The highest BCUT2D eigenvalue weighted by molar-refractivity contribution is 6.00. The summed E-state index contributed by atoms with van der Waals surface area (Å²) in [5.41, 5.74) is 2.65. The van der Waals surface area contributed by atoms with Gasteiger partial charge in [-0.15, -0.1) is 0 Å². The highest BCUT2D eigenvalue weighted by Crippen LogP contribution is 2.52. The first-order chi connectivity index (χ1) is 27.3. The molecule has 5 N–H and O–H groups in total. The molecule has 4 aliphatic heterocycles. The molecular weight excluding hydrogens is 731 g/mol. The molecule has 5 unspecified atom stereocenters. The summed E-state index contributed by atoms with van der Waals surface area (Å²) in [5.74, 6) is 1.48. The maximum absolute atomic E-state index is 14.0. The van der Waals surface area contributed by atoms with Crippen molar-refractivity contribution >= 4 is 46.8 Å². The van der Waals surface area contributed by atoms with Crippen molar-refractivity contribution in [1.29, 1.82) is 0 Å². The Morgan fingerprint density at radius 2 is 1.74 bits per heavy atom. The van der Waals surface area contributed by atoms with Crippen LogP contribution in [0.15, 0.2) is 51.7 Å². The Kier molecular flexibility index (Phi) is 9.71. The van der Waals surface area contributed by atoms with Gasteiger partial charge in [0.15, 0.2) is 5.76 Å². The number of allylic oxidation sites excluding steroid dienone is 2. The van der Waals surface area contributed by atoms with Gasteiger partial charge in [0.25, 0.3) is 0 Å². The first kappa shape index (κ1) is 38.3. The van der Waals surface area contributed by atoms with Crippen LogP contribution in [0.3, 0.4) is 0 Å². The third-order valence-electron chi connectivity index (χ3n) is 13.0. The van der Waals surface area contributed by atoms with Gasteiger partial charge >= 0.3 is 12.2 Å². The monoisotopic (exact) mass is 783 g/mol. The summed E-state index contributed by atoms with van der Waals surface area (Å²) < 4.78 is 16.1. The summed E-state index contributed by atoms with van der Waals surface area (Å²) in [5, 5.41) is 16.5. The van der Waals surface area contributed by atoms with Crippen molar-refractivity contribution in [2.45, 2.75) is 102 Å². The standard InChI is InChI=1S/C41H53N9O7/c1-21(2)32(45-38(53)55-6)36(51)50-18-10-14-31(50)40(5)46-27-12-8-11-25(33(27)47-40)35-42-20-30(57-35)24-15-16-26-28(19-24)44-34(43-26)29-13-9-17-49(29)37(52)41(22(3)23(41)4)48-39(54)56-7/h8,11-12,15,19-23,26,29,31-32,46-47H,9-10,13-14,16-18H2,1-7H3,(H,43,44)(H,45,53)(H,48,54)/t22-,23?,26?,29+,31+,32?,40?,41?/m1/s1. The fourth-order valence-corrected chi connectivity index (χ4v) is 9.56. The number of para-hydroxylation sites is 1. The van der Waals surface area contributed by atoms with Gasteiger partial charge < -0.3 is 50.3 Å². The van der Waals surface area contributed by atoms with E-state index in [9.17, 15) is 19.2 Å². The lowest BCUT2D eigenvalue weighted by molar-refractivity contribution is -0.136.